The van der Waals surface area contributed by atoms with Crippen LogP contribution in [0.2, 0.25) is 0 Å². The number of carbonyl (C=O) groups excluding carboxylic acids is 1. The van der Waals surface area contributed by atoms with Crippen molar-refractivity contribution in [1.29, 1.82) is 0 Å². The van der Waals surface area contributed by atoms with Crippen molar-refractivity contribution in [3.63, 3.8) is 0 Å². The lowest BCUT2D eigenvalue weighted by atomic mass is 9.87. The Kier molecular flexibility index (Phi) is 5.05. The molecule has 1 amide bonds. The van der Waals surface area contributed by atoms with Crippen LogP contribution in [0.3, 0.4) is 0 Å². The first-order valence-electron chi connectivity index (χ1n) is 9.25. The van der Waals surface area contributed by atoms with Gasteiger partial charge in [-0.3, -0.25) is 4.79 Å². The predicted molar refractivity (Wildman–Crippen MR) is 95.2 cm³/mol. The molecule has 3 nitrogen and oxygen atoms in total. The molecule has 0 aromatic heterocycles. The predicted octanol–water partition coefficient (Wildman–Crippen LogP) is 4.42. The summed E-state index contributed by atoms with van der Waals surface area (Å²) in [4.78, 5) is 12.6. The Morgan fingerprint density at radius 3 is 2.70 bits per heavy atom. The van der Waals surface area contributed by atoms with E-state index in [1.54, 1.807) is 0 Å². The highest BCUT2D eigenvalue weighted by molar-refractivity contribution is 6.00. The molecular formula is C20H30N2O. The SMILES string of the molecule is CC(C)CCC(C)C1CCCCN1N1C(=O)Cc2ccccc21. The molecule has 2 aliphatic heterocycles. The van der Waals surface area contributed by atoms with Gasteiger partial charge in [0, 0.05) is 12.6 Å². The number of rotatable bonds is 5. The zero-order chi connectivity index (χ0) is 16.4. The van der Waals surface area contributed by atoms with Crippen LogP contribution in [0.4, 0.5) is 5.69 Å². The van der Waals surface area contributed by atoms with Gasteiger partial charge < -0.3 is 0 Å². The first-order chi connectivity index (χ1) is 11.1. The Balaban J connectivity index is 1.80. The summed E-state index contributed by atoms with van der Waals surface area (Å²) in [7, 11) is 0. The van der Waals surface area contributed by atoms with E-state index >= 15 is 0 Å². The van der Waals surface area contributed by atoms with Gasteiger partial charge in [-0.25, -0.2) is 10.0 Å². The first kappa shape index (κ1) is 16.5. The minimum atomic E-state index is 0.245. The summed E-state index contributed by atoms with van der Waals surface area (Å²) in [5.74, 6) is 1.64. The van der Waals surface area contributed by atoms with E-state index in [2.05, 4.69) is 37.9 Å². The molecule has 3 rings (SSSR count). The Morgan fingerprint density at radius 1 is 1.13 bits per heavy atom. The van der Waals surface area contributed by atoms with Crippen molar-refractivity contribution in [2.45, 2.75) is 65.3 Å². The quantitative estimate of drug-likeness (QED) is 0.803. The first-order valence-corrected chi connectivity index (χ1v) is 9.25. The van der Waals surface area contributed by atoms with Crippen molar-refractivity contribution in [2.24, 2.45) is 11.8 Å². The van der Waals surface area contributed by atoms with Crippen LogP contribution in [0.25, 0.3) is 0 Å². The fourth-order valence-corrected chi connectivity index (χ4v) is 4.08. The number of nitrogens with zero attached hydrogens (tertiary/aromatic N) is 2. The molecule has 0 saturated carbocycles. The zero-order valence-corrected chi connectivity index (χ0v) is 14.8. The second kappa shape index (κ2) is 7.04. The molecule has 1 aromatic carbocycles. The van der Waals surface area contributed by atoms with Gasteiger partial charge in [0.15, 0.2) is 0 Å². The summed E-state index contributed by atoms with van der Waals surface area (Å²) in [5, 5.41) is 4.40. The van der Waals surface area contributed by atoms with Crippen molar-refractivity contribution in [1.82, 2.24) is 5.01 Å². The number of hydrogen-bond acceptors (Lipinski definition) is 2. The normalized spacial score (nSPS) is 23.4. The fraction of sp³-hybridized carbons (Fsp3) is 0.650. The molecule has 1 aromatic rings. The molecule has 2 aliphatic rings. The highest BCUT2D eigenvalue weighted by Crippen LogP contribution is 2.35. The van der Waals surface area contributed by atoms with Crippen LogP contribution in [-0.2, 0) is 11.2 Å². The molecule has 126 valence electrons. The van der Waals surface area contributed by atoms with E-state index in [9.17, 15) is 4.79 Å². The number of hydrazine groups is 1. The molecule has 0 radical (unpaired) electrons. The van der Waals surface area contributed by atoms with E-state index in [4.69, 9.17) is 0 Å². The number of piperidine rings is 1. The van der Waals surface area contributed by atoms with Gasteiger partial charge in [-0.05, 0) is 42.7 Å². The lowest BCUT2D eigenvalue weighted by molar-refractivity contribution is -0.121. The fourth-order valence-electron chi connectivity index (χ4n) is 4.08. The Labute approximate surface area is 140 Å². The number of fused-ring (bicyclic) bond motifs is 1. The number of para-hydroxylation sites is 1. The van der Waals surface area contributed by atoms with Crippen LogP contribution in [0.1, 0.15) is 58.4 Å². The third-order valence-corrected chi connectivity index (χ3v) is 5.43. The molecule has 1 saturated heterocycles. The monoisotopic (exact) mass is 314 g/mol. The van der Waals surface area contributed by atoms with E-state index < -0.39 is 0 Å². The number of amides is 1. The standard InChI is InChI=1S/C20H30N2O/c1-15(2)11-12-16(3)18-9-6-7-13-21(18)22-19-10-5-4-8-17(19)14-20(22)23/h4-5,8,10,15-16,18H,6-7,9,11-14H2,1-3H3. The molecule has 23 heavy (non-hydrogen) atoms. The topological polar surface area (TPSA) is 23.6 Å². The Hall–Kier alpha value is -1.35. The van der Waals surface area contributed by atoms with Gasteiger partial charge >= 0.3 is 0 Å². The summed E-state index contributed by atoms with van der Waals surface area (Å²) in [6.07, 6.45) is 6.78. The summed E-state index contributed by atoms with van der Waals surface area (Å²) >= 11 is 0. The van der Waals surface area contributed by atoms with E-state index in [1.807, 2.05) is 17.1 Å². The maximum Gasteiger partial charge on any atom is 0.246 e. The van der Waals surface area contributed by atoms with E-state index in [-0.39, 0.29) is 5.91 Å². The van der Waals surface area contributed by atoms with Gasteiger partial charge in [-0.15, -0.1) is 0 Å². The van der Waals surface area contributed by atoms with E-state index in [1.165, 1.54) is 37.7 Å². The number of carbonyl (C=O) groups is 1. The summed E-state index contributed by atoms with van der Waals surface area (Å²) < 4.78 is 0. The van der Waals surface area contributed by atoms with Gasteiger partial charge in [0.05, 0.1) is 12.1 Å². The summed E-state index contributed by atoms with van der Waals surface area (Å²) in [5.41, 5.74) is 2.29. The van der Waals surface area contributed by atoms with Crippen molar-refractivity contribution in [3.8, 4) is 0 Å². The summed E-state index contributed by atoms with van der Waals surface area (Å²) in [6, 6.07) is 8.77. The number of hydrogen-bond donors (Lipinski definition) is 0. The summed E-state index contributed by atoms with van der Waals surface area (Å²) in [6.45, 7) is 7.98. The van der Waals surface area contributed by atoms with Crippen LogP contribution >= 0.6 is 0 Å². The van der Waals surface area contributed by atoms with Crippen molar-refractivity contribution in [3.05, 3.63) is 29.8 Å². The van der Waals surface area contributed by atoms with Crippen LogP contribution in [0.15, 0.2) is 24.3 Å². The van der Waals surface area contributed by atoms with Gasteiger partial charge in [0.25, 0.3) is 0 Å². The van der Waals surface area contributed by atoms with Crippen molar-refractivity contribution in [2.75, 3.05) is 11.6 Å². The third kappa shape index (κ3) is 3.45. The molecule has 0 aliphatic carbocycles. The highest BCUT2D eigenvalue weighted by atomic mass is 16.2. The Bertz CT molecular complexity index is 554. The average Bonchev–Trinajstić information content (AvgIpc) is 2.88. The molecule has 3 heteroatoms. The maximum atomic E-state index is 12.6. The van der Waals surface area contributed by atoms with Crippen molar-refractivity contribution < 1.29 is 4.79 Å². The lowest BCUT2D eigenvalue weighted by Crippen LogP contribution is -2.55. The average molecular weight is 314 g/mol. The smallest absolute Gasteiger partial charge is 0.246 e. The van der Waals surface area contributed by atoms with Gasteiger partial charge in [-0.1, -0.05) is 51.8 Å². The third-order valence-electron chi connectivity index (χ3n) is 5.43. The molecule has 2 heterocycles. The molecule has 0 spiro atoms. The van der Waals surface area contributed by atoms with Crippen LogP contribution in [-0.4, -0.2) is 23.5 Å². The number of benzene rings is 1. The van der Waals surface area contributed by atoms with Gasteiger partial charge in [0.1, 0.15) is 0 Å². The Morgan fingerprint density at radius 2 is 1.91 bits per heavy atom. The molecule has 0 N–H and O–H groups in total. The second-order valence-corrected chi connectivity index (χ2v) is 7.69. The second-order valence-electron chi connectivity index (χ2n) is 7.69. The minimum absolute atomic E-state index is 0.245. The van der Waals surface area contributed by atoms with Crippen LogP contribution in [0, 0.1) is 11.8 Å². The molecule has 2 unspecified atom stereocenters. The molecule has 2 atom stereocenters. The zero-order valence-electron chi connectivity index (χ0n) is 14.8. The highest BCUT2D eigenvalue weighted by Gasteiger charge is 2.38. The van der Waals surface area contributed by atoms with E-state index in [0.717, 1.165) is 18.2 Å². The molecular weight excluding hydrogens is 284 g/mol. The largest absolute Gasteiger partial charge is 0.273 e. The van der Waals surface area contributed by atoms with Gasteiger partial charge in [0.2, 0.25) is 5.91 Å². The maximum absolute atomic E-state index is 12.6. The van der Waals surface area contributed by atoms with Crippen molar-refractivity contribution >= 4 is 11.6 Å². The van der Waals surface area contributed by atoms with E-state index in [0.29, 0.717) is 18.4 Å². The van der Waals surface area contributed by atoms with Crippen LogP contribution in [0.5, 0.6) is 0 Å². The van der Waals surface area contributed by atoms with Gasteiger partial charge in [-0.2, -0.15) is 0 Å². The molecule has 1 fully saturated rings. The lowest BCUT2D eigenvalue weighted by Gasteiger charge is -2.44. The molecule has 0 bridgehead atoms. The number of anilines is 1. The minimum Gasteiger partial charge on any atom is -0.273 e. The van der Waals surface area contributed by atoms with Crippen LogP contribution < -0.4 is 5.01 Å².